The molecular formula is C12H18N2O4S2. The van der Waals surface area contributed by atoms with Crippen molar-refractivity contribution in [2.45, 2.75) is 36.3 Å². The number of nitrogens with zero attached hydrogens (tertiary/aromatic N) is 2. The minimum Gasteiger partial charge on any atom is -0.358 e. The van der Waals surface area contributed by atoms with E-state index in [2.05, 4.69) is 0 Å². The Balaban J connectivity index is 2.37. The average molecular weight is 318 g/mol. The van der Waals surface area contributed by atoms with Gasteiger partial charge in [0.15, 0.2) is 14.8 Å². The summed E-state index contributed by atoms with van der Waals surface area (Å²) in [6.45, 7) is 1.51. The third kappa shape index (κ3) is 3.49. The molecular weight excluding hydrogens is 300 g/mol. The Kier molecular flexibility index (Phi) is 4.64. The second-order valence-electron chi connectivity index (χ2n) is 5.04. The van der Waals surface area contributed by atoms with Crippen molar-refractivity contribution in [3.8, 4) is 0 Å². The molecule has 0 amide bonds. The molecule has 8 heteroatoms. The first-order chi connectivity index (χ1) is 9.39. The number of sulfone groups is 1. The minimum absolute atomic E-state index is 0.0706. The summed E-state index contributed by atoms with van der Waals surface area (Å²) in [6, 6.07) is 1.19. The van der Waals surface area contributed by atoms with Crippen LogP contribution in [0.3, 0.4) is 0 Å². The Morgan fingerprint density at radius 3 is 2.25 bits per heavy atom. The molecule has 0 aliphatic carbocycles. The number of nitro groups is 1. The van der Waals surface area contributed by atoms with Crippen molar-refractivity contribution in [3.05, 3.63) is 16.2 Å². The maximum absolute atomic E-state index is 11.6. The van der Waals surface area contributed by atoms with E-state index in [4.69, 9.17) is 0 Å². The maximum Gasteiger partial charge on any atom is 0.305 e. The van der Waals surface area contributed by atoms with E-state index in [9.17, 15) is 18.5 Å². The van der Waals surface area contributed by atoms with Gasteiger partial charge in [0.25, 0.3) is 0 Å². The van der Waals surface area contributed by atoms with Gasteiger partial charge in [0.1, 0.15) is 4.21 Å². The van der Waals surface area contributed by atoms with Gasteiger partial charge in [-0.1, -0.05) is 30.6 Å². The third-order valence-electron chi connectivity index (χ3n) is 3.38. The summed E-state index contributed by atoms with van der Waals surface area (Å²) in [4.78, 5) is 12.6. The van der Waals surface area contributed by atoms with E-state index in [1.54, 1.807) is 0 Å². The highest BCUT2D eigenvalue weighted by atomic mass is 32.2. The van der Waals surface area contributed by atoms with Crippen LogP contribution in [0.25, 0.3) is 0 Å². The molecule has 1 saturated heterocycles. The molecule has 1 aromatic heterocycles. The Labute approximate surface area is 122 Å². The zero-order valence-electron chi connectivity index (χ0n) is 11.4. The molecule has 0 saturated carbocycles. The molecule has 2 heterocycles. The molecule has 2 rings (SSSR count). The quantitative estimate of drug-likeness (QED) is 0.632. The van der Waals surface area contributed by atoms with Gasteiger partial charge in [0.05, 0.1) is 4.92 Å². The minimum atomic E-state index is -3.41. The fraction of sp³-hybridized carbons (Fsp3) is 0.667. The fourth-order valence-corrected chi connectivity index (χ4v) is 4.42. The predicted molar refractivity (Wildman–Crippen MR) is 79.4 cm³/mol. The Hall–Kier alpha value is -1.15. The van der Waals surface area contributed by atoms with Crippen molar-refractivity contribution in [3.63, 3.8) is 0 Å². The van der Waals surface area contributed by atoms with Gasteiger partial charge >= 0.3 is 5.69 Å². The Morgan fingerprint density at radius 2 is 1.75 bits per heavy atom. The molecule has 1 aliphatic rings. The number of thiophene rings is 1. The smallest absolute Gasteiger partial charge is 0.305 e. The molecule has 0 aromatic carbocycles. The lowest BCUT2D eigenvalue weighted by Crippen LogP contribution is -2.26. The number of rotatable bonds is 3. The van der Waals surface area contributed by atoms with Crippen molar-refractivity contribution in [2.24, 2.45) is 0 Å². The highest BCUT2D eigenvalue weighted by molar-refractivity contribution is 7.92. The molecule has 0 spiro atoms. The van der Waals surface area contributed by atoms with Crippen molar-refractivity contribution in [1.29, 1.82) is 0 Å². The van der Waals surface area contributed by atoms with Crippen LogP contribution in [0.5, 0.6) is 0 Å². The van der Waals surface area contributed by atoms with Gasteiger partial charge in [0.2, 0.25) is 0 Å². The van der Waals surface area contributed by atoms with Crippen molar-refractivity contribution in [2.75, 3.05) is 24.2 Å². The lowest BCUT2D eigenvalue weighted by Gasteiger charge is -2.24. The summed E-state index contributed by atoms with van der Waals surface area (Å²) in [5, 5.41) is 11.6. The van der Waals surface area contributed by atoms with E-state index in [0.29, 0.717) is 5.00 Å². The summed E-state index contributed by atoms with van der Waals surface area (Å²) in [6.07, 6.45) is 6.50. The summed E-state index contributed by atoms with van der Waals surface area (Å²) >= 11 is 1.01. The maximum atomic E-state index is 11.6. The zero-order chi connectivity index (χ0) is 14.8. The van der Waals surface area contributed by atoms with Crippen LogP contribution < -0.4 is 4.90 Å². The van der Waals surface area contributed by atoms with Gasteiger partial charge in [-0.05, 0) is 12.8 Å². The van der Waals surface area contributed by atoms with Crippen LogP contribution in [0.1, 0.15) is 32.1 Å². The van der Waals surface area contributed by atoms with E-state index < -0.39 is 14.8 Å². The SMILES string of the molecule is CS(=O)(=O)c1cc([N+](=O)[O-])c(N2CCCCCCC2)s1. The molecule has 0 atom stereocenters. The van der Waals surface area contributed by atoms with Crippen LogP contribution in [0, 0.1) is 10.1 Å². The van der Waals surface area contributed by atoms with E-state index in [1.807, 2.05) is 4.90 Å². The predicted octanol–water partition coefficient (Wildman–Crippen LogP) is 2.83. The molecule has 0 unspecified atom stereocenters. The molecule has 20 heavy (non-hydrogen) atoms. The normalized spacial score (nSPS) is 17.6. The Bertz CT molecular complexity index is 587. The Morgan fingerprint density at radius 1 is 1.20 bits per heavy atom. The molecule has 0 bridgehead atoms. The highest BCUT2D eigenvalue weighted by Crippen LogP contribution is 2.40. The largest absolute Gasteiger partial charge is 0.358 e. The van der Waals surface area contributed by atoms with Crippen molar-refractivity contribution in [1.82, 2.24) is 0 Å². The van der Waals surface area contributed by atoms with E-state index in [1.165, 1.54) is 12.5 Å². The fourth-order valence-electron chi connectivity index (χ4n) is 2.34. The zero-order valence-corrected chi connectivity index (χ0v) is 13.0. The van der Waals surface area contributed by atoms with E-state index >= 15 is 0 Å². The number of hydrogen-bond acceptors (Lipinski definition) is 6. The third-order valence-corrected chi connectivity index (χ3v) is 6.36. The van der Waals surface area contributed by atoms with Crippen molar-refractivity contribution >= 4 is 31.9 Å². The van der Waals surface area contributed by atoms with Gasteiger partial charge in [-0.25, -0.2) is 8.42 Å². The van der Waals surface area contributed by atoms with Gasteiger partial charge in [-0.2, -0.15) is 0 Å². The van der Waals surface area contributed by atoms with Gasteiger partial charge in [-0.3, -0.25) is 10.1 Å². The molecule has 0 N–H and O–H groups in total. The summed E-state index contributed by atoms with van der Waals surface area (Å²) in [7, 11) is -3.41. The topological polar surface area (TPSA) is 80.5 Å². The second kappa shape index (κ2) is 6.09. The van der Waals surface area contributed by atoms with Crippen LogP contribution >= 0.6 is 11.3 Å². The van der Waals surface area contributed by atoms with Crippen LogP contribution in [0.2, 0.25) is 0 Å². The lowest BCUT2D eigenvalue weighted by atomic mass is 10.1. The lowest BCUT2D eigenvalue weighted by molar-refractivity contribution is -0.383. The first-order valence-corrected chi connectivity index (χ1v) is 9.33. The first-order valence-electron chi connectivity index (χ1n) is 6.63. The van der Waals surface area contributed by atoms with E-state index in [-0.39, 0.29) is 9.90 Å². The molecule has 1 fully saturated rings. The summed E-state index contributed by atoms with van der Waals surface area (Å²) in [5.41, 5.74) is -0.0870. The molecule has 112 valence electrons. The first kappa shape index (κ1) is 15.2. The summed E-state index contributed by atoms with van der Waals surface area (Å²) < 4.78 is 23.3. The van der Waals surface area contributed by atoms with E-state index in [0.717, 1.165) is 56.4 Å². The molecule has 1 aromatic rings. The van der Waals surface area contributed by atoms with Gasteiger partial charge in [0, 0.05) is 25.4 Å². The average Bonchev–Trinajstić information content (AvgIpc) is 2.72. The number of hydrogen-bond donors (Lipinski definition) is 0. The van der Waals surface area contributed by atoms with Gasteiger partial charge in [-0.15, -0.1) is 0 Å². The van der Waals surface area contributed by atoms with Crippen molar-refractivity contribution < 1.29 is 13.3 Å². The molecule has 0 radical (unpaired) electrons. The molecule has 1 aliphatic heterocycles. The van der Waals surface area contributed by atoms with Crippen LogP contribution in [-0.4, -0.2) is 32.7 Å². The number of anilines is 1. The van der Waals surface area contributed by atoms with Crippen LogP contribution in [0.15, 0.2) is 10.3 Å². The molecule has 6 nitrogen and oxygen atoms in total. The monoisotopic (exact) mass is 318 g/mol. The van der Waals surface area contributed by atoms with Gasteiger partial charge < -0.3 is 4.90 Å². The summed E-state index contributed by atoms with van der Waals surface area (Å²) in [5.74, 6) is 0. The standard InChI is InChI=1S/C12H18N2O4S2/c1-20(17,18)11-9-10(14(15)16)12(19-11)13-7-5-3-2-4-6-8-13/h9H,2-8H2,1H3. The highest BCUT2D eigenvalue weighted by Gasteiger charge is 2.27. The van der Waals surface area contributed by atoms with Crippen LogP contribution in [0.4, 0.5) is 10.7 Å². The second-order valence-corrected chi connectivity index (χ2v) is 8.31. The van der Waals surface area contributed by atoms with Crippen LogP contribution in [-0.2, 0) is 9.84 Å².